The lowest BCUT2D eigenvalue weighted by molar-refractivity contribution is -0.123. The topological polar surface area (TPSA) is 67.3 Å². The minimum Gasteiger partial charge on any atom is -0.467 e. The van der Waals surface area contributed by atoms with Gasteiger partial charge in [-0.2, -0.15) is 4.98 Å². The van der Waals surface area contributed by atoms with Crippen molar-refractivity contribution in [2.75, 3.05) is 30.9 Å². The molecule has 1 aliphatic rings. The van der Waals surface area contributed by atoms with Crippen LogP contribution in [0.5, 0.6) is 5.88 Å². The third-order valence-electron chi connectivity index (χ3n) is 4.89. The lowest BCUT2D eigenvalue weighted by Gasteiger charge is -2.30. The zero-order valence-electron chi connectivity index (χ0n) is 16.8. The summed E-state index contributed by atoms with van der Waals surface area (Å²) in [7, 11) is 0. The zero-order chi connectivity index (χ0) is 19.9. The van der Waals surface area contributed by atoms with Crippen LogP contribution in [0.2, 0.25) is 0 Å². The van der Waals surface area contributed by atoms with Gasteiger partial charge in [0, 0.05) is 36.3 Å². The second kappa shape index (κ2) is 9.78. The first-order chi connectivity index (χ1) is 13.5. The number of nitrogens with zero attached hydrogens (tertiary/aromatic N) is 3. The van der Waals surface area contributed by atoms with E-state index < -0.39 is 0 Å². The van der Waals surface area contributed by atoms with Gasteiger partial charge in [-0.05, 0) is 49.6 Å². The Morgan fingerprint density at radius 2 is 1.96 bits per heavy atom. The van der Waals surface area contributed by atoms with Gasteiger partial charge in [0.1, 0.15) is 0 Å². The van der Waals surface area contributed by atoms with E-state index in [9.17, 15) is 4.79 Å². The number of anilines is 1. The van der Waals surface area contributed by atoms with Crippen molar-refractivity contribution in [2.45, 2.75) is 38.1 Å². The van der Waals surface area contributed by atoms with Crippen LogP contribution < -0.4 is 15.0 Å². The number of thioether (sulfide) groups is 1. The number of aryl methyl sites for hydroxylation is 1. The number of hydrogen-bond acceptors (Lipinski definition) is 6. The fourth-order valence-electron chi connectivity index (χ4n) is 3.08. The summed E-state index contributed by atoms with van der Waals surface area (Å²) in [5, 5.41) is 2.88. The molecule has 0 spiro atoms. The molecule has 2 aromatic rings. The average Bonchev–Trinajstić information content (AvgIpc) is 2.71. The molecule has 2 heterocycles. The molecule has 1 aromatic heterocycles. The van der Waals surface area contributed by atoms with E-state index in [1.807, 2.05) is 25.3 Å². The number of benzene rings is 1. The van der Waals surface area contributed by atoms with Crippen molar-refractivity contribution in [1.29, 1.82) is 0 Å². The number of carbonyl (C=O) groups excluding carboxylic acids is 1. The summed E-state index contributed by atoms with van der Waals surface area (Å²) >= 11 is 1.70. The Kier molecular flexibility index (Phi) is 7.14. The van der Waals surface area contributed by atoms with Gasteiger partial charge in [0.15, 0.2) is 6.61 Å². The molecule has 1 N–H and O–H groups in total. The fraction of sp³-hybridized carbons (Fsp3) is 0.476. The number of amides is 1. The molecule has 1 aromatic carbocycles. The number of carbonyl (C=O) groups is 1. The molecule has 0 bridgehead atoms. The molecule has 1 amide bonds. The van der Waals surface area contributed by atoms with E-state index in [1.54, 1.807) is 17.8 Å². The summed E-state index contributed by atoms with van der Waals surface area (Å²) in [5.74, 6) is 1.72. The molecule has 0 atom stereocenters. The summed E-state index contributed by atoms with van der Waals surface area (Å²) in [6.07, 6.45) is 4.34. The van der Waals surface area contributed by atoms with E-state index in [0.29, 0.717) is 18.4 Å². The number of rotatable bonds is 7. The highest BCUT2D eigenvalue weighted by molar-refractivity contribution is 7.98. The van der Waals surface area contributed by atoms with Gasteiger partial charge in [0.2, 0.25) is 11.8 Å². The molecular weight excluding hydrogens is 372 g/mol. The molecule has 0 radical (unpaired) electrons. The summed E-state index contributed by atoms with van der Waals surface area (Å²) in [5.41, 5.74) is 1.90. The minimum atomic E-state index is -0.168. The number of aromatic nitrogens is 2. The first kappa shape index (κ1) is 20.5. The molecular formula is C21H28N4O2S. The highest BCUT2D eigenvalue weighted by atomic mass is 32.2. The van der Waals surface area contributed by atoms with Crippen LogP contribution in [0, 0.1) is 12.8 Å². The first-order valence-corrected chi connectivity index (χ1v) is 10.9. The predicted octanol–water partition coefficient (Wildman–Crippen LogP) is 3.44. The van der Waals surface area contributed by atoms with E-state index >= 15 is 0 Å². The van der Waals surface area contributed by atoms with Gasteiger partial charge < -0.3 is 15.0 Å². The lowest BCUT2D eigenvalue weighted by atomic mass is 10.00. The smallest absolute Gasteiger partial charge is 0.258 e. The normalized spacial score (nSPS) is 14.8. The maximum Gasteiger partial charge on any atom is 0.258 e. The van der Waals surface area contributed by atoms with Crippen LogP contribution in [0.25, 0.3) is 0 Å². The van der Waals surface area contributed by atoms with Gasteiger partial charge in [0.05, 0.1) is 0 Å². The predicted molar refractivity (Wildman–Crippen MR) is 113 cm³/mol. The van der Waals surface area contributed by atoms with Crippen LogP contribution in [-0.4, -0.2) is 41.8 Å². The SMILES string of the molecule is CSc1ccc(CNC(=O)COc2cc(C)nc(N3CCC(C)CC3)n2)cc1. The van der Waals surface area contributed by atoms with Crippen LogP contribution in [0.3, 0.4) is 0 Å². The van der Waals surface area contributed by atoms with Crippen LogP contribution in [0.15, 0.2) is 35.2 Å². The molecule has 1 fully saturated rings. The minimum absolute atomic E-state index is 0.0597. The van der Waals surface area contributed by atoms with Gasteiger partial charge in [-0.15, -0.1) is 11.8 Å². The Balaban J connectivity index is 1.51. The third-order valence-corrected chi connectivity index (χ3v) is 5.63. The summed E-state index contributed by atoms with van der Waals surface area (Å²) in [6.45, 7) is 6.54. The van der Waals surface area contributed by atoms with Gasteiger partial charge in [-0.25, -0.2) is 4.98 Å². The highest BCUT2D eigenvalue weighted by Gasteiger charge is 2.19. The van der Waals surface area contributed by atoms with Crippen molar-refractivity contribution >= 4 is 23.6 Å². The summed E-state index contributed by atoms with van der Waals surface area (Å²) < 4.78 is 5.63. The largest absolute Gasteiger partial charge is 0.467 e. The van der Waals surface area contributed by atoms with E-state index in [4.69, 9.17) is 4.74 Å². The molecule has 6 nitrogen and oxygen atoms in total. The van der Waals surface area contributed by atoms with Gasteiger partial charge in [-0.1, -0.05) is 19.1 Å². The second-order valence-electron chi connectivity index (χ2n) is 7.23. The molecule has 0 unspecified atom stereocenters. The number of ether oxygens (including phenoxy) is 1. The highest BCUT2D eigenvalue weighted by Crippen LogP contribution is 2.22. The Morgan fingerprint density at radius 3 is 2.64 bits per heavy atom. The summed E-state index contributed by atoms with van der Waals surface area (Å²) in [6, 6.07) is 9.91. The van der Waals surface area contributed by atoms with E-state index in [1.165, 1.54) is 4.90 Å². The molecule has 150 valence electrons. The van der Waals surface area contributed by atoms with E-state index in [-0.39, 0.29) is 12.5 Å². The molecule has 28 heavy (non-hydrogen) atoms. The number of nitrogens with one attached hydrogen (secondary N) is 1. The van der Waals surface area contributed by atoms with E-state index in [2.05, 4.69) is 39.2 Å². The summed E-state index contributed by atoms with van der Waals surface area (Å²) in [4.78, 5) is 24.6. The van der Waals surface area contributed by atoms with Crippen molar-refractivity contribution in [2.24, 2.45) is 5.92 Å². The standard InChI is InChI=1S/C21H28N4O2S/c1-15-8-10-25(11-9-15)21-23-16(2)12-20(24-21)27-14-19(26)22-13-17-4-6-18(28-3)7-5-17/h4-7,12,15H,8-11,13-14H2,1-3H3,(H,22,26). The number of piperidine rings is 1. The quantitative estimate of drug-likeness (QED) is 0.718. The van der Waals surface area contributed by atoms with E-state index in [0.717, 1.165) is 43.1 Å². The maximum atomic E-state index is 12.1. The average molecular weight is 401 g/mol. The fourth-order valence-corrected chi connectivity index (χ4v) is 3.49. The first-order valence-electron chi connectivity index (χ1n) is 9.66. The monoisotopic (exact) mass is 400 g/mol. The van der Waals surface area contributed by atoms with Gasteiger partial charge >= 0.3 is 0 Å². The van der Waals surface area contributed by atoms with Crippen LogP contribution in [0.4, 0.5) is 5.95 Å². The molecule has 1 aliphatic heterocycles. The molecule has 0 saturated carbocycles. The molecule has 3 rings (SSSR count). The van der Waals surface area contributed by atoms with Crippen molar-refractivity contribution < 1.29 is 9.53 Å². The van der Waals surface area contributed by atoms with Crippen molar-refractivity contribution in [1.82, 2.24) is 15.3 Å². The Labute approximate surface area is 171 Å². The molecule has 0 aliphatic carbocycles. The number of hydrogen-bond donors (Lipinski definition) is 1. The van der Waals surface area contributed by atoms with Crippen LogP contribution in [-0.2, 0) is 11.3 Å². The zero-order valence-corrected chi connectivity index (χ0v) is 17.6. The van der Waals surface area contributed by atoms with Crippen molar-refractivity contribution in [3.63, 3.8) is 0 Å². The Morgan fingerprint density at radius 1 is 1.25 bits per heavy atom. The third kappa shape index (κ3) is 5.86. The van der Waals surface area contributed by atoms with Crippen molar-refractivity contribution in [3.05, 3.63) is 41.6 Å². The van der Waals surface area contributed by atoms with Crippen molar-refractivity contribution in [3.8, 4) is 5.88 Å². The Hall–Kier alpha value is -2.28. The Bertz CT molecular complexity index is 789. The molecule has 1 saturated heterocycles. The molecule has 7 heteroatoms. The second-order valence-corrected chi connectivity index (χ2v) is 8.11. The lowest BCUT2D eigenvalue weighted by Crippen LogP contribution is -2.34. The van der Waals surface area contributed by atoms with Gasteiger partial charge in [-0.3, -0.25) is 4.79 Å². The van der Waals surface area contributed by atoms with Crippen LogP contribution in [0.1, 0.15) is 31.0 Å². The van der Waals surface area contributed by atoms with Crippen LogP contribution >= 0.6 is 11.8 Å². The maximum absolute atomic E-state index is 12.1. The van der Waals surface area contributed by atoms with Gasteiger partial charge in [0.25, 0.3) is 5.91 Å².